The maximum Gasteiger partial charge on any atom is 0.339 e. The average Bonchev–Trinajstić information content (AvgIpc) is 2.91. The van der Waals surface area contributed by atoms with Crippen LogP contribution in [0.2, 0.25) is 0 Å². The van der Waals surface area contributed by atoms with E-state index in [1.807, 2.05) is 13.8 Å². The molecule has 1 amide bonds. The Bertz CT molecular complexity index is 833. The highest BCUT2D eigenvalue weighted by Gasteiger charge is 2.25. The fraction of sp³-hybridized carbons (Fsp3) is 0.500. The van der Waals surface area contributed by atoms with Crippen molar-refractivity contribution in [3.63, 3.8) is 0 Å². The summed E-state index contributed by atoms with van der Waals surface area (Å²) in [7, 11) is 0. The highest BCUT2D eigenvalue weighted by atomic mass is 16.5. The van der Waals surface area contributed by atoms with Crippen LogP contribution in [0.3, 0.4) is 0 Å². The van der Waals surface area contributed by atoms with Crippen molar-refractivity contribution in [1.29, 1.82) is 0 Å². The first-order chi connectivity index (χ1) is 14.0. The molecule has 0 aliphatic carbocycles. The first-order valence-corrected chi connectivity index (χ1v) is 10.1. The summed E-state index contributed by atoms with van der Waals surface area (Å²) in [5.74, 6) is 0.569. The van der Waals surface area contributed by atoms with E-state index < -0.39 is 12.1 Å². The lowest BCUT2D eigenvalue weighted by Gasteiger charge is -2.24. The van der Waals surface area contributed by atoms with Crippen LogP contribution < -0.4 is 4.74 Å². The van der Waals surface area contributed by atoms with Crippen molar-refractivity contribution >= 4 is 11.9 Å². The van der Waals surface area contributed by atoms with Gasteiger partial charge in [0.25, 0.3) is 5.91 Å². The fourth-order valence-corrected chi connectivity index (χ4v) is 3.40. The Hall–Kier alpha value is -2.83. The van der Waals surface area contributed by atoms with Gasteiger partial charge in [0.05, 0.1) is 16.8 Å². The van der Waals surface area contributed by atoms with Crippen molar-refractivity contribution in [1.82, 2.24) is 10.1 Å². The van der Waals surface area contributed by atoms with Gasteiger partial charge in [-0.05, 0) is 51.8 Å². The summed E-state index contributed by atoms with van der Waals surface area (Å²) >= 11 is 0. The molecule has 0 saturated carbocycles. The zero-order valence-electron chi connectivity index (χ0n) is 17.3. The SMILES string of the molecule is Cc1noc(C)c1COc1cccc(C(=O)O[C@H](C)C(=O)N2CCCCCC2)c1. The van der Waals surface area contributed by atoms with E-state index in [9.17, 15) is 9.59 Å². The third-order valence-corrected chi connectivity index (χ3v) is 5.18. The summed E-state index contributed by atoms with van der Waals surface area (Å²) in [6.07, 6.45) is 3.46. The third kappa shape index (κ3) is 5.37. The standard InChI is InChI=1S/C22H28N2O5/c1-15-20(16(2)29-23-15)14-27-19-10-8-9-18(13-19)22(26)28-17(3)21(25)24-11-6-4-5-7-12-24/h8-10,13,17H,4-7,11-12,14H2,1-3H3/t17-/m1/s1. The molecule has 0 bridgehead atoms. The van der Waals surface area contributed by atoms with Crippen molar-refractivity contribution < 1.29 is 23.6 Å². The van der Waals surface area contributed by atoms with Crippen LogP contribution in [0.4, 0.5) is 0 Å². The van der Waals surface area contributed by atoms with E-state index in [4.69, 9.17) is 14.0 Å². The zero-order chi connectivity index (χ0) is 20.8. The minimum Gasteiger partial charge on any atom is -0.489 e. The molecule has 0 unspecified atom stereocenters. The van der Waals surface area contributed by atoms with E-state index in [1.165, 1.54) is 0 Å². The third-order valence-electron chi connectivity index (χ3n) is 5.18. The molecule has 7 nitrogen and oxygen atoms in total. The number of aromatic nitrogens is 1. The number of carbonyl (C=O) groups is 2. The maximum atomic E-state index is 12.6. The monoisotopic (exact) mass is 400 g/mol. The molecular formula is C22H28N2O5. The van der Waals surface area contributed by atoms with Gasteiger partial charge in [-0.1, -0.05) is 24.1 Å². The quantitative estimate of drug-likeness (QED) is 0.686. The molecule has 0 radical (unpaired) electrons. The number of aryl methyl sites for hydroxylation is 2. The van der Waals surface area contributed by atoms with Crippen LogP contribution in [-0.4, -0.2) is 41.1 Å². The number of benzene rings is 1. The Balaban J connectivity index is 1.59. The maximum absolute atomic E-state index is 12.6. The molecule has 7 heteroatoms. The molecule has 2 aromatic rings. The van der Waals surface area contributed by atoms with E-state index in [2.05, 4.69) is 5.16 Å². The van der Waals surface area contributed by atoms with E-state index in [1.54, 1.807) is 36.1 Å². The van der Waals surface area contributed by atoms with Gasteiger partial charge in [0.1, 0.15) is 18.1 Å². The second-order valence-electron chi connectivity index (χ2n) is 7.41. The second-order valence-corrected chi connectivity index (χ2v) is 7.41. The summed E-state index contributed by atoms with van der Waals surface area (Å²) in [5, 5.41) is 3.90. The Labute approximate surface area is 171 Å². The van der Waals surface area contributed by atoms with Gasteiger partial charge in [-0.3, -0.25) is 4.79 Å². The van der Waals surface area contributed by atoms with Crippen molar-refractivity contribution in [2.45, 2.75) is 59.2 Å². The Morgan fingerprint density at radius 3 is 2.55 bits per heavy atom. The molecular weight excluding hydrogens is 372 g/mol. The topological polar surface area (TPSA) is 81.9 Å². The molecule has 29 heavy (non-hydrogen) atoms. The van der Waals surface area contributed by atoms with Crippen LogP contribution in [0.15, 0.2) is 28.8 Å². The number of hydrogen-bond acceptors (Lipinski definition) is 6. The predicted molar refractivity (Wildman–Crippen MR) is 107 cm³/mol. The van der Waals surface area contributed by atoms with Crippen molar-refractivity contribution in [3.8, 4) is 5.75 Å². The summed E-state index contributed by atoms with van der Waals surface area (Å²) in [4.78, 5) is 26.9. The van der Waals surface area contributed by atoms with Crippen LogP contribution >= 0.6 is 0 Å². The lowest BCUT2D eigenvalue weighted by molar-refractivity contribution is -0.139. The smallest absolute Gasteiger partial charge is 0.339 e. The molecule has 1 atom stereocenters. The molecule has 156 valence electrons. The molecule has 1 aromatic carbocycles. The molecule has 1 aromatic heterocycles. The first-order valence-electron chi connectivity index (χ1n) is 10.1. The van der Waals surface area contributed by atoms with Gasteiger partial charge in [-0.25, -0.2) is 4.79 Å². The van der Waals surface area contributed by atoms with Crippen LogP contribution in [0.1, 0.15) is 60.0 Å². The van der Waals surface area contributed by atoms with Crippen LogP contribution in [-0.2, 0) is 16.1 Å². The number of hydrogen-bond donors (Lipinski definition) is 0. The number of amides is 1. The Morgan fingerprint density at radius 1 is 1.17 bits per heavy atom. The number of carbonyl (C=O) groups excluding carboxylic acids is 2. The number of likely N-dealkylation sites (tertiary alicyclic amines) is 1. The Kier molecular flexibility index (Phi) is 6.90. The summed E-state index contributed by atoms with van der Waals surface area (Å²) in [6.45, 7) is 7.06. The summed E-state index contributed by atoms with van der Waals surface area (Å²) < 4.78 is 16.3. The highest BCUT2D eigenvalue weighted by Crippen LogP contribution is 2.20. The van der Waals surface area contributed by atoms with E-state index in [0.29, 0.717) is 23.7 Å². The summed E-state index contributed by atoms with van der Waals surface area (Å²) in [6, 6.07) is 6.75. The number of rotatable bonds is 6. The molecule has 1 aliphatic heterocycles. The number of ether oxygens (including phenoxy) is 2. The van der Waals surface area contributed by atoms with Crippen molar-refractivity contribution in [2.24, 2.45) is 0 Å². The summed E-state index contributed by atoms with van der Waals surface area (Å²) in [5.41, 5.74) is 2.00. The average molecular weight is 400 g/mol. The molecule has 2 heterocycles. The lowest BCUT2D eigenvalue weighted by atomic mass is 10.2. The van der Waals surface area contributed by atoms with Crippen LogP contribution in [0.25, 0.3) is 0 Å². The first kappa shape index (κ1) is 20.9. The van der Waals surface area contributed by atoms with E-state index in [-0.39, 0.29) is 5.91 Å². The zero-order valence-corrected chi connectivity index (χ0v) is 17.3. The molecule has 1 aliphatic rings. The van der Waals surface area contributed by atoms with Gasteiger partial charge >= 0.3 is 5.97 Å². The molecule has 0 N–H and O–H groups in total. The van der Waals surface area contributed by atoms with Crippen LogP contribution in [0, 0.1) is 13.8 Å². The lowest BCUT2D eigenvalue weighted by Crippen LogP contribution is -2.40. The van der Waals surface area contributed by atoms with Crippen molar-refractivity contribution in [3.05, 3.63) is 46.8 Å². The molecule has 1 fully saturated rings. The van der Waals surface area contributed by atoms with Gasteiger partial charge in [0, 0.05) is 13.1 Å². The van der Waals surface area contributed by atoms with Gasteiger partial charge in [0.15, 0.2) is 6.10 Å². The van der Waals surface area contributed by atoms with Gasteiger partial charge < -0.3 is 18.9 Å². The molecule has 0 spiro atoms. The number of nitrogens with zero attached hydrogens (tertiary/aromatic N) is 2. The van der Waals surface area contributed by atoms with E-state index in [0.717, 1.165) is 50.0 Å². The van der Waals surface area contributed by atoms with Gasteiger partial charge in [0.2, 0.25) is 0 Å². The largest absolute Gasteiger partial charge is 0.489 e. The number of esters is 1. The predicted octanol–water partition coefficient (Wildman–Crippen LogP) is 3.82. The molecule has 1 saturated heterocycles. The fourth-order valence-electron chi connectivity index (χ4n) is 3.40. The minimum absolute atomic E-state index is 0.133. The van der Waals surface area contributed by atoms with Gasteiger partial charge in [-0.2, -0.15) is 0 Å². The van der Waals surface area contributed by atoms with Gasteiger partial charge in [-0.15, -0.1) is 0 Å². The second kappa shape index (κ2) is 9.58. The normalized spacial score (nSPS) is 15.5. The van der Waals surface area contributed by atoms with Crippen LogP contribution in [0.5, 0.6) is 5.75 Å². The molecule has 3 rings (SSSR count). The van der Waals surface area contributed by atoms with Crippen molar-refractivity contribution in [2.75, 3.05) is 13.1 Å². The highest BCUT2D eigenvalue weighted by molar-refractivity contribution is 5.92. The minimum atomic E-state index is -0.813. The van der Waals surface area contributed by atoms with E-state index >= 15 is 0 Å². The Morgan fingerprint density at radius 2 is 1.90 bits per heavy atom.